The fourth-order valence-electron chi connectivity index (χ4n) is 2.16. The lowest BCUT2D eigenvalue weighted by Gasteiger charge is -2.12. The quantitative estimate of drug-likeness (QED) is 0.825. The summed E-state index contributed by atoms with van der Waals surface area (Å²) in [5.41, 5.74) is 1.80. The number of nitrogens with one attached hydrogen (secondary N) is 1. The highest BCUT2D eigenvalue weighted by molar-refractivity contribution is 5.97. The van der Waals surface area contributed by atoms with E-state index in [-0.39, 0.29) is 11.3 Å². The molecule has 2 aromatic carbocycles. The molecule has 0 saturated carbocycles. The first-order chi connectivity index (χ1) is 11.6. The maximum absolute atomic E-state index is 12.2. The molecule has 0 fully saturated rings. The number of hydrogen-bond donors (Lipinski definition) is 1. The first-order valence-corrected chi connectivity index (χ1v) is 7.30. The Labute approximate surface area is 140 Å². The molecule has 0 spiro atoms. The number of anilines is 1. The molecule has 24 heavy (non-hydrogen) atoms. The third-order valence-electron chi connectivity index (χ3n) is 3.38. The lowest BCUT2D eigenvalue weighted by atomic mass is 10.2. The van der Waals surface area contributed by atoms with Crippen molar-refractivity contribution in [3.05, 3.63) is 53.6 Å². The molecular weight excluding hydrogens is 310 g/mol. The lowest BCUT2D eigenvalue weighted by molar-refractivity contribution is -0.119. The van der Waals surface area contributed by atoms with E-state index < -0.39 is 18.5 Å². The molecule has 0 aromatic heterocycles. The van der Waals surface area contributed by atoms with Crippen LogP contribution >= 0.6 is 0 Å². The maximum atomic E-state index is 12.2. The number of aryl methyl sites for hydroxylation is 1. The predicted molar refractivity (Wildman–Crippen MR) is 89.6 cm³/mol. The molecule has 0 atom stereocenters. The molecule has 2 rings (SSSR count). The second-order valence-corrected chi connectivity index (χ2v) is 4.98. The van der Waals surface area contributed by atoms with Crippen LogP contribution in [0.4, 0.5) is 5.69 Å². The van der Waals surface area contributed by atoms with Crippen LogP contribution in [-0.4, -0.2) is 32.7 Å². The summed E-state index contributed by atoms with van der Waals surface area (Å²) < 4.78 is 15.4. The summed E-state index contributed by atoms with van der Waals surface area (Å²) in [5, 5.41) is 2.70. The van der Waals surface area contributed by atoms with Gasteiger partial charge in [0, 0.05) is 5.69 Å². The Hall–Kier alpha value is -3.02. The standard InChI is InChI=1S/C18H19NO5/c1-12-7-4-5-9-14(12)19-16(20)11-24-18(21)13-8-6-10-15(22-2)17(13)23-3/h4-10H,11H2,1-3H3,(H,19,20). The van der Waals surface area contributed by atoms with E-state index in [2.05, 4.69) is 5.32 Å². The van der Waals surface area contributed by atoms with Gasteiger partial charge < -0.3 is 19.5 Å². The molecule has 126 valence electrons. The zero-order valence-electron chi connectivity index (χ0n) is 13.8. The van der Waals surface area contributed by atoms with E-state index in [0.717, 1.165) is 5.56 Å². The van der Waals surface area contributed by atoms with Gasteiger partial charge in [0.15, 0.2) is 18.1 Å². The fraction of sp³-hybridized carbons (Fsp3) is 0.222. The van der Waals surface area contributed by atoms with E-state index in [1.54, 1.807) is 24.3 Å². The molecule has 0 saturated heterocycles. The van der Waals surface area contributed by atoms with Gasteiger partial charge in [0.05, 0.1) is 14.2 Å². The Morgan fingerprint density at radius 2 is 1.75 bits per heavy atom. The second kappa shape index (κ2) is 8.01. The van der Waals surface area contributed by atoms with Crippen LogP contribution in [0, 0.1) is 6.92 Å². The first kappa shape index (κ1) is 17.3. The maximum Gasteiger partial charge on any atom is 0.342 e. The SMILES string of the molecule is COc1cccc(C(=O)OCC(=O)Nc2ccccc2C)c1OC. The number of rotatable bonds is 6. The highest BCUT2D eigenvalue weighted by Crippen LogP contribution is 2.31. The Balaban J connectivity index is 2.01. The fourth-order valence-corrected chi connectivity index (χ4v) is 2.16. The van der Waals surface area contributed by atoms with Crippen molar-refractivity contribution in [2.24, 2.45) is 0 Å². The minimum Gasteiger partial charge on any atom is -0.493 e. The van der Waals surface area contributed by atoms with Crippen LogP contribution in [0.2, 0.25) is 0 Å². The predicted octanol–water partition coefficient (Wildman–Crippen LogP) is 2.81. The summed E-state index contributed by atoms with van der Waals surface area (Å²) in [5.74, 6) is -0.397. The molecule has 1 N–H and O–H groups in total. The van der Waals surface area contributed by atoms with Crippen LogP contribution in [0.25, 0.3) is 0 Å². The minimum absolute atomic E-state index is 0.195. The van der Waals surface area contributed by atoms with E-state index >= 15 is 0 Å². The second-order valence-electron chi connectivity index (χ2n) is 4.98. The molecule has 0 aliphatic rings. The summed E-state index contributed by atoms with van der Waals surface area (Å²) in [6, 6.07) is 12.2. The Kier molecular flexibility index (Phi) is 5.78. The van der Waals surface area contributed by atoms with Gasteiger partial charge in [-0.15, -0.1) is 0 Å². The number of hydrogen-bond acceptors (Lipinski definition) is 5. The molecular formula is C18H19NO5. The van der Waals surface area contributed by atoms with E-state index in [1.165, 1.54) is 14.2 Å². The minimum atomic E-state index is -0.661. The average Bonchev–Trinajstić information content (AvgIpc) is 2.60. The van der Waals surface area contributed by atoms with Crippen LogP contribution in [0.1, 0.15) is 15.9 Å². The molecule has 6 heteroatoms. The zero-order valence-corrected chi connectivity index (χ0v) is 13.8. The molecule has 0 aliphatic heterocycles. The summed E-state index contributed by atoms with van der Waals surface area (Å²) in [7, 11) is 2.90. The van der Waals surface area contributed by atoms with Gasteiger partial charge in [-0.3, -0.25) is 4.79 Å². The smallest absolute Gasteiger partial charge is 0.342 e. The normalized spacial score (nSPS) is 9.96. The average molecular weight is 329 g/mol. The van der Waals surface area contributed by atoms with Crippen molar-refractivity contribution in [1.82, 2.24) is 0 Å². The van der Waals surface area contributed by atoms with Crippen molar-refractivity contribution in [2.75, 3.05) is 26.1 Å². The number of carbonyl (C=O) groups is 2. The topological polar surface area (TPSA) is 73.9 Å². The number of esters is 1. The summed E-state index contributed by atoms with van der Waals surface area (Å²) >= 11 is 0. The highest BCUT2D eigenvalue weighted by atomic mass is 16.5. The van der Waals surface area contributed by atoms with Gasteiger partial charge in [-0.1, -0.05) is 24.3 Å². The van der Waals surface area contributed by atoms with Crippen LogP contribution in [0.3, 0.4) is 0 Å². The summed E-state index contributed by atoms with van der Waals surface area (Å²) in [6.45, 7) is 1.48. The van der Waals surface area contributed by atoms with Gasteiger partial charge in [0.1, 0.15) is 5.56 Å². The highest BCUT2D eigenvalue weighted by Gasteiger charge is 2.18. The van der Waals surface area contributed by atoms with Crippen LogP contribution in [0.5, 0.6) is 11.5 Å². The monoisotopic (exact) mass is 329 g/mol. The van der Waals surface area contributed by atoms with Crippen LogP contribution in [-0.2, 0) is 9.53 Å². The summed E-state index contributed by atoms with van der Waals surface area (Å²) in [6.07, 6.45) is 0. The van der Waals surface area contributed by atoms with Crippen molar-refractivity contribution >= 4 is 17.6 Å². The lowest BCUT2D eigenvalue weighted by Crippen LogP contribution is -2.21. The van der Waals surface area contributed by atoms with Crippen molar-refractivity contribution in [2.45, 2.75) is 6.92 Å². The molecule has 0 aliphatic carbocycles. The number of benzene rings is 2. The Morgan fingerprint density at radius 1 is 1.00 bits per heavy atom. The molecule has 0 heterocycles. The van der Waals surface area contributed by atoms with E-state index in [0.29, 0.717) is 11.4 Å². The van der Waals surface area contributed by atoms with Gasteiger partial charge in [0.2, 0.25) is 0 Å². The molecule has 6 nitrogen and oxygen atoms in total. The van der Waals surface area contributed by atoms with Gasteiger partial charge >= 0.3 is 5.97 Å². The van der Waals surface area contributed by atoms with Crippen molar-refractivity contribution in [3.63, 3.8) is 0 Å². The largest absolute Gasteiger partial charge is 0.493 e. The molecule has 0 unspecified atom stereocenters. The zero-order chi connectivity index (χ0) is 17.5. The molecule has 1 amide bonds. The van der Waals surface area contributed by atoms with Gasteiger partial charge in [0.25, 0.3) is 5.91 Å². The Morgan fingerprint density at radius 3 is 2.42 bits per heavy atom. The third-order valence-corrected chi connectivity index (χ3v) is 3.38. The van der Waals surface area contributed by atoms with Crippen molar-refractivity contribution in [3.8, 4) is 11.5 Å². The van der Waals surface area contributed by atoms with Crippen molar-refractivity contribution < 1.29 is 23.8 Å². The van der Waals surface area contributed by atoms with Gasteiger partial charge in [-0.05, 0) is 30.7 Å². The first-order valence-electron chi connectivity index (χ1n) is 7.30. The molecule has 2 aromatic rings. The number of methoxy groups -OCH3 is 2. The van der Waals surface area contributed by atoms with E-state index in [9.17, 15) is 9.59 Å². The number of para-hydroxylation sites is 2. The summed E-state index contributed by atoms with van der Waals surface area (Å²) in [4.78, 5) is 24.1. The van der Waals surface area contributed by atoms with E-state index in [4.69, 9.17) is 14.2 Å². The van der Waals surface area contributed by atoms with E-state index in [1.807, 2.05) is 25.1 Å². The number of amides is 1. The van der Waals surface area contributed by atoms with Gasteiger partial charge in [-0.25, -0.2) is 4.79 Å². The Bertz CT molecular complexity index is 742. The molecule has 0 bridgehead atoms. The van der Waals surface area contributed by atoms with Crippen molar-refractivity contribution in [1.29, 1.82) is 0 Å². The van der Waals surface area contributed by atoms with Crippen LogP contribution < -0.4 is 14.8 Å². The van der Waals surface area contributed by atoms with Gasteiger partial charge in [-0.2, -0.15) is 0 Å². The third kappa shape index (κ3) is 4.04. The molecule has 0 radical (unpaired) electrons. The number of ether oxygens (including phenoxy) is 3. The van der Waals surface area contributed by atoms with Crippen LogP contribution in [0.15, 0.2) is 42.5 Å². The number of carbonyl (C=O) groups excluding carboxylic acids is 2.